The first-order chi connectivity index (χ1) is 32.4. The first-order valence-electron chi connectivity index (χ1n) is 21.6. The normalized spacial score (nSPS) is 18.9. The molecule has 1 aliphatic heterocycles. The van der Waals surface area contributed by atoms with Gasteiger partial charge in [-0.3, -0.25) is 58.2 Å². The van der Waals surface area contributed by atoms with Gasteiger partial charge in [0.25, 0.3) is 11.8 Å². The van der Waals surface area contributed by atoms with Crippen molar-refractivity contribution in [2.45, 2.75) is 113 Å². The number of unbranched alkanes of at least 4 members (excludes halogenated alkanes) is 1. The number of nitrogens with one attached hydrogen (secondary N) is 6. The second kappa shape index (κ2) is 29.0. The van der Waals surface area contributed by atoms with Crippen LogP contribution in [0.5, 0.6) is 0 Å². The average Bonchev–Trinajstić information content (AvgIpc) is 3.75. The number of amides is 7. The number of benzene rings is 1. The molecule has 68 heavy (non-hydrogen) atoms. The standard InChI is InChI=1S/C40H61FN14O13/c41-13-6-10-24-20-54(53-51-24)21-30(58)47-17-28-32(61)33(62)34(63)35(68-28)39(67)45-14-5-4-11-25(42)36(64)50-26(12-7-15-46-40(43)44)37(65)48-18-29(57)49-27(16-31(59)60)38(66)52-55(22-56)19-23-8-2-1-3-9-23/h1-3,8-9,20,22,25-28,32-35,61-63H,4-7,10-19,21,42H2,(H,45,67)(H,47,58)(H,48,65)(H,49,57)(H,50,64)(H,52,66)(H,59,60)(H4,43,44,46)/t25-,26-,27-,28+,32?,33?,34-,35?/m0/s1. The predicted octanol–water partition coefficient (Wildman–Crippen LogP) is -5.94. The summed E-state index contributed by atoms with van der Waals surface area (Å²) in [5.74, 6) is -6.66. The van der Waals surface area contributed by atoms with Gasteiger partial charge in [-0.25, -0.2) is 4.68 Å². The molecule has 376 valence electrons. The number of nitrogens with zero attached hydrogens (tertiary/aromatic N) is 5. The molecule has 0 bridgehead atoms. The number of halogens is 1. The number of aliphatic imine (C=N–C) groups is 1. The van der Waals surface area contributed by atoms with E-state index in [-0.39, 0.29) is 77.2 Å². The SMILES string of the molecule is NC(N)=NCCC[C@H](NC(=O)[C@@H](N)CCCCNC(=O)C1O[C@H](CNC(=O)Cn2cc(CCCF)nn2)C(O)C(O)[C@@H]1O)C(=O)NCC(=O)N[C@@H](CC(=O)O)C(=O)NN(C=O)Cc1ccccc1. The number of carboxylic acids is 1. The van der Waals surface area contributed by atoms with Crippen molar-refractivity contribution < 1.29 is 67.9 Å². The van der Waals surface area contributed by atoms with E-state index in [1.165, 1.54) is 10.9 Å². The second-order valence-corrected chi connectivity index (χ2v) is 15.6. The lowest BCUT2D eigenvalue weighted by Crippen LogP contribution is -2.63. The highest BCUT2D eigenvalue weighted by Gasteiger charge is 2.46. The minimum absolute atomic E-state index is 0.000918. The molecule has 0 aliphatic carbocycles. The number of alkyl halides is 1. The Hall–Kier alpha value is -6.88. The van der Waals surface area contributed by atoms with Crippen LogP contribution in [0.25, 0.3) is 0 Å². The van der Waals surface area contributed by atoms with Gasteiger partial charge < -0.3 is 68.9 Å². The lowest BCUT2D eigenvalue weighted by molar-refractivity contribution is -0.219. The highest BCUT2D eigenvalue weighted by Crippen LogP contribution is 2.21. The Labute approximate surface area is 389 Å². The van der Waals surface area contributed by atoms with Gasteiger partial charge in [0.15, 0.2) is 12.1 Å². The predicted molar refractivity (Wildman–Crippen MR) is 234 cm³/mol. The van der Waals surface area contributed by atoms with Crippen LogP contribution in [-0.4, -0.2) is 176 Å². The number of ether oxygens (including phenoxy) is 1. The zero-order valence-electron chi connectivity index (χ0n) is 37.1. The summed E-state index contributed by atoms with van der Waals surface area (Å²) in [6.45, 7) is -1.89. The van der Waals surface area contributed by atoms with Crippen LogP contribution in [0, 0.1) is 0 Å². The van der Waals surface area contributed by atoms with E-state index in [1.54, 1.807) is 30.3 Å². The van der Waals surface area contributed by atoms with Crippen molar-refractivity contribution in [1.29, 1.82) is 0 Å². The smallest absolute Gasteiger partial charge is 0.305 e. The number of carboxylic acid groups (broad SMARTS) is 1. The maximum Gasteiger partial charge on any atom is 0.305 e. The van der Waals surface area contributed by atoms with Crippen molar-refractivity contribution in [1.82, 2.24) is 52.0 Å². The number of aryl methyl sites for hydroxylation is 1. The van der Waals surface area contributed by atoms with Gasteiger partial charge in [0, 0.05) is 25.8 Å². The summed E-state index contributed by atoms with van der Waals surface area (Å²) in [6.07, 6.45) is -5.95. The summed E-state index contributed by atoms with van der Waals surface area (Å²) < 4.78 is 19.2. The largest absolute Gasteiger partial charge is 0.481 e. The molecule has 16 N–H and O–H groups in total. The Morgan fingerprint density at radius 1 is 0.882 bits per heavy atom. The maximum atomic E-state index is 13.2. The minimum Gasteiger partial charge on any atom is -0.481 e. The topological polar surface area (TPSA) is 423 Å². The zero-order valence-corrected chi connectivity index (χ0v) is 37.1. The molecule has 1 aliphatic rings. The number of hydrazine groups is 1. The quantitative estimate of drug-likeness (QED) is 0.0114. The van der Waals surface area contributed by atoms with E-state index in [1.807, 2.05) is 0 Å². The number of aromatic nitrogens is 3. The van der Waals surface area contributed by atoms with Crippen LogP contribution in [0.3, 0.4) is 0 Å². The van der Waals surface area contributed by atoms with Crippen LogP contribution >= 0.6 is 0 Å². The van der Waals surface area contributed by atoms with Crippen LogP contribution < -0.4 is 49.2 Å². The van der Waals surface area contributed by atoms with E-state index >= 15 is 0 Å². The van der Waals surface area contributed by atoms with Crippen molar-refractivity contribution in [3.8, 4) is 0 Å². The van der Waals surface area contributed by atoms with Gasteiger partial charge in [-0.1, -0.05) is 35.5 Å². The number of rotatable bonds is 30. The lowest BCUT2D eigenvalue weighted by atomic mass is 9.94. The van der Waals surface area contributed by atoms with E-state index in [9.17, 15) is 63.2 Å². The third-order valence-electron chi connectivity index (χ3n) is 10.1. The van der Waals surface area contributed by atoms with Gasteiger partial charge >= 0.3 is 5.97 Å². The molecule has 3 unspecified atom stereocenters. The van der Waals surface area contributed by atoms with Gasteiger partial charge in [-0.15, -0.1) is 5.10 Å². The molecule has 8 atom stereocenters. The number of carbonyl (C=O) groups excluding carboxylic acids is 7. The number of hydrogen-bond donors (Lipinski definition) is 13. The molecule has 0 radical (unpaired) electrons. The Balaban J connectivity index is 1.47. The number of nitrogens with two attached hydrogens (primary N) is 3. The molecule has 28 heteroatoms. The Morgan fingerprint density at radius 2 is 1.62 bits per heavy atom. The summed E-state index contributed by atoms with van der Waals surface area (Å²) >= 11 is 0. The second-order valence-electron chi connectivity index (χ2n) is 15.6. The molecule has 1 fully saturated rings. The van der Waals surface area contributed by atoms with Crippen LogP contribution in [0.4, 0.5) is 4.39 Å². The molecule has 2 aromatic rings. The van der Waals surface area contributed by atoms with Crippen LogP contribution in [-0.2, 0) is 62.6 Å². The summed E-state index contributed by atoms with van der Waals surface area (Å²) in [7, 11) is 0. The van der Waals surface area contributed by atoms with E-state index in [4.69, 9.17) is 21.9 Å². The number of hydrogen-bond acceptors (Lipinski definition) is 16. The molecule has 0 saturated carbocycles. The van der Waals surface area contributed by atoms with Crippen molar-refractivity contribution in [3.05, 3.63) is 47.8 Å². The van der Waals surface area contributed by atoms with Crippen LogP contribution in [0.15, 0.2) is 41.5 Å². The molecular formula is C40H61FN14O13. The van der Waals surface area contributed by atoms with Crippen molar-refractivity contribution in [3.63, 3.8) is 0 Å². The van der Waals surface area contributed by atoms with Crippen molar-refractivity contribution in [2.75, 3.05) is 32.9 Å². The Kier molecular flexibility index (Phi) is 23.6. The summed E-state index contributed by atoms with van der Waals surface area (Å²) in [4.78, 5) is 105. The molecule has 0 spiro atoms. The van der Waals surface area contributed by atoms with E-state index in [2.05, 4.69) is 47.3 Å². The average molecular weight is 965 g/mol. The number of aliphatic hydroxyl groups excluding tert-OH is 3. The first-order valence-corrected chi connectivity index (χ1v) is 21.6. The van der Waals surface area contributed by atoms with Gasteiger partial charge in [0.2, 0.25) is 30.0 Å². The van der Waals surface area contributed by atoms with Gasteiger partial charge in [0.1, 0.15) is 43.0 Å². The summed E-state index contributed by atoms with van der Waals surface area (Å²) in [6, 6.07) is 4.46. The van der Waals surface area contributed by atoms with E-state index < -0.39 is 110 Å². The molecule has 7 amide bonds. The Morgan fingerprint density at radius 3 is 2.29 bits per heavy atom. The van der Waals surface area contributed by atoms with Crippen molar-refractivity contribution in [2.24, 2.45) is 22.2 Å². The van der Waals surface area contributed by atoms with E-state index in [0.717, 1.165) is 5.01 Å². The molecule has 1 saturated heterocycles. The fourth-order valence-electron chi connectivity index (χ4n) is 6.54. The summed E-state index contributed by atoms with van der Waals surface area (Å²) in [5, 5.41) is 61.4. The fourth-order valence-corrected chi connectivity index (χ4v) is 6.54. The molecule has 3 rings (SSSR count). The zero-order chi connectivity index (χ0) is 50.2. The highest BCUT2D eigenvalue weighted by molar-refractivity contribution is 5.94. The Bertz CT molecular complexity index is 2010. The molecule has 27 nitrogen and oxygen atoms in total. The first kappa shape index (κ1) is 55.4. The molecule has 2 heterocycles. The number of carbonyl (C=O) groups is 8. The molecular weight excluding hydrogens is 904 g/mol. The third kappa shape index (κ3) is 19.5. The minimum atomic E-state index is -1.82. The van der Waals surface area contributed by atoms with Gasteiger partial charge in [-0.2, -0.15) is 0 Å². The number of aliphatic carboxylic acids is 1. The monoisotopic (exact) mass is 964 g/mol. The number of aliphatic hydroxyl groups is 3. The maximum absolute atomic E-state index is 13.2. The number of guanidine groups is 1. The van der Waals surface area contributed by atoms with Crippen LogP contribution in [0.1, 0.15) is 56.2 Å². The van der Waals surface area contributed by atoms with Crippen LogP contribution in [0.2, 0.25) is 0 Å². The summed E-state index contributed by atoms with van der Waals surface area (Å²) in [5.41, 5.74) is 20.2. The molecule has 1 aromatic heterocycles. The van der Waals surface area contributed by atoms with Crippen molar-refractivity contribution >= 4 is 53.8 Å². The third-order valence-corrected chi connectivity index (χ3v) is 10.1. The van der Waals surface area contributed by atoms with E-state index in [0.29, 0.717) is 24.1 Å². The molecule has 1 aromatic carbocycles. The lowest BCUT2D eigenvalue weighted by Gasteiger charge is -2.40. The highest BCUT2D eigenvalue weighted by atomic mass is 19.1. The fraction of sp³-hybridized carbons (Fsp3) is 0.575. The van der Waals surface area contributed by atoms with Gasteiger partial charge in [0.05, 0.1) is 37.9 Å². The van der Waals surface area contributed by atoms with Gasteiger partial charge in [-0.05, 0) is 50.5 Å².